The van der Waals surface area contributed by atoms with Gasteiger partial charge < -0.3 is 25.6 Å². The van der Waals surface area contributed by atoms with Gasteiger partial charge in [0.2, 0.25) is 5.95 Å². The van der Waals surface area contributed by atoms with Crippen LogP contribution in [0.5, 0.6) is 5.75 Å². The SMILES string of the molecule is CCc1cc(Nc2ncc(Br)c(Nc3ccc4nc(C)ccc4c3[P+]3(O)CCCC3)n2)c(OC)cc1N1CCC(N2CCNCC2)CC1. The van der Waals surface area contributed by atoms with Crippen LogP contribution in [0.1, 0.15) is 43.9 Å². The van der Waals surface area contributed by atoms with Crippen LogP contribution >= 0.6 is 23.4 Å². The second-order valence-corrected chi connectivity index (χ2v) is 17.3. The van der Waals surface area contributed by atoms with Crippen LogP contribution in [0.4, 0.5) is 28.8 Å². The van der Waals surface area contributed by atoms with Crippen LogP contribution in [0.3, 0.4) is 0 Å². The Morgan fingerprint density at radius 2 is 1.77 bits per heavy atom. The number of nitrogens with zero attached hydrogens (tertiary/aromatic N) is 5. The van der Waals surface area contributed by atoms with Crippen molar-refractivity contribution in [3.8, 4) is 5.75 Å². The summed E-state index contributed by atoms with van der Waals surface area (Å²) in [4.78, 5) is 31.4. The molecule has 3 aliphatic heterocycles. The molecule has 3 fully saturated rings. The second kappa shape index (κ2) is 14.4. The number of fused-ring (bicyclic) bond motifs is 1. The number of piperazine rings is 1. The fraction of sp³-hybridized carbons (Fsp3) is 0.472. The lowest BCUT2D eigenvalue weighted by Crippen LogP contribution is -2.52. The summed E-state index contributed by atoms with van der Waals surface area (Å²) in [6, 6.07) is 13.2. The third-order valence-electron chi connectivity index (χ3n) is 10.2. The van der Waals surface area contributed by atoms with Gasteiger partial charge in [0.15, 0.2) is 18.6 Å². The normalized spacial score (nSPS) is 18.7. The molecule has 0 atom stereocenters. The van der Waals surface area contributed by atoms with E-state index in [2.05, 4.69) is 71.8 Å². The summed E-state index contributed by atoms with van der Waals surface area (Å²) >= 11 is 3.67. The number of hydrogen-bond donors (Lipinski definition) is 4. The molecule has 0 spiro atoms. The quantitative estimate of drug-likeness (QED) is 0.145. The zero-order valence-electron chi connectivity index (χ0n) is 28.2. The third-order valence-corrected chi connectivity index (χ3v) is 14.2. The van der Waals surface area contributed by atoms with Crippen molar-refractivity contribution in [2.24, 2.45) is 0 Å². The topological polar surface area (TPSA) is 111 Å². The Hall–Kier alpha value is -3.08. The van der Waals surface area contributed by atoms with Gasteiger partial charge in [0, 0.05) is 74.3 Å². The van der Waals surface area contributed by atoms with Gasteiger partial charge in [-0.05, 0) is 90.9 Å². The molecule has 0 aliphatic carbocycles. The molecule has 4 N–H and O–H groups in total. The Kier molecular flexibility index (Phi) is 10.0. The monoisotopic (exact) mass is 733 g/mol. The number of pyridine rings is 1. The van der Waals surface area contributed by atoms with E-state index >= 15 is 0 Å². The van der Waals surface area contributed by atoms with E-state index < -0.39 is 7.49 Å². The Morgan fingerprint density at radius 1 is 1.00 bits per heavy atom. The Labute approximate surface area is 292 Å². The highest BCUT2D eigenvalue weighted by molar-refractivity contribution is 9.10. The second-order valence-electron chi connectivity index (χ2n) is 13.2. The third kappa shape index (κ3) is 6.85. The molecule has 2 aromatic heterocycles. The molecule has 7 rings (SSSR count). The number of ether oxygens (including phenoxy) is 1. The molecule has 3 aliphatic rings. The van der Waals surface area contributed by atoms with Crippen molar-refractivity contribution >= 4 is 68.5 Å². The first-order valence-corrected chi connectivity index (χ1v) is 20.2. The molecule has 254 valence electrons. The number of anilines is 5. The molecule has 0 bridgehead atoms. The van der Waals surface area contributed by atoms with E-state index in [-0.39, 0.29) is 0 Å². The number of nitrogens with one attached hydrogen (secondary N) is 3. The van der Waals surface area contributed by atoms with E-state index in [1.165, 1.54) is 24.1 Å². The standard InChI is InChI=1S/C36H47BrN8O2P/c1-4-25-21-31(33(47-3)22-32(25)45-15-11-26(12-16-45)44-17-13-38-14-18-44)42-36-39-23-28(37)35(43-36)41-30-10-9-29-27(8-7-24(2)40-29)34(30)48(46)19-5-6-20-48/h7-10,21-23,26,38,46H,4-6,11-20H2,1-3H3,(H2,39,41,42,43)/q+1. The van der Waals surface area contributed by atoms with Crippen molar-refractivity contribution in [2.75, 3.05) is 74.2 Å². The van der Waals surface area contributed by atoms with Crippen LogP contribution in [-0.2, 0) is 6.42 Å². The van der Waals surface area contributed by atoms with Gasteiger partial charge in [-0.1, -0.05) is 6.92 Å². The van der Waals surface area contributed by atoms with Crippen molar-refractivity contribution in [3.05, 3.63) is 58.3 Å². The highest BCUT2D eigenvalue weighted by Crippen LogP contribution is 2.61. The zero-order chi connectivity index (χ0) is 33.3. The van der Waals surface area contributed by atoms with E-state index in [4.69, 9.17) is 14.7 Å². The number of halogens is 1. The molecule has 0 radical (unpaired) electrons. The summed E-state index contributed by atoms with van der Waals surface area (Å²) in [6.07, 6.45) is 8.77. The van der Waals surface area contributed by atoms with E-state index in [0.717, 1.165) is 114 Å². The molecule has 3 saturated heterocycles. The van der Waals surface area contributed by atoms with Gasteiger partial charge in [0.25, 0.3) is 0 Å². The minimum Gasteiger partial charge on any atom is -0.494 e. The molecule has 2 aromatic carbocycles. The highest BCUT2D eigenvalue weighted by atomic mass is 79.9. The largest absolute Gasteiger partial charge is 0.494 e. The van der Waals surface area contributed by atoms with Crippen molar-refractivity contribution in [1.29, 1.82) is 0 Å². The van der Waals surface area contributed by atoms with Crippen LogP contribution in [0, 0.1) is 6.92 Å². The van der Waals surface area contributed by atoms with Gasteiger partial charge in [-0.15, -0.1) is 0 Å². The van der Waals surface area contributed by atoms with Gasteiger partial charge >= 0.3 is 0 Å². The fourth-order valence-electron chi connectivity index (χ4n) is 7.66. The Morgan fingerprint density at radius 3 is 2.50 bits per heavy atom. The maximum atomic E-state index is 12.0. The van der Waals surface area contributed by atoms with Crippen LogP contribution in [0.15, 0.2) is 47.1 Å². The Balaban J connectivity index is 1.14. The zero-order valence-corrected chi connectivity index (χ0v) is 30.7. The summed E-state index contributed by atoms with van der Waals surface area (Å²) in [5, 5.41) is 12.5. The molecule has 10 nitrogen and oxygen atoms in total. The molecule has 0 saturated carbocycles. The van der Waals surface area contributed by atoms with E-state index in [1.807, 2.05) is 25.1 Å². The first-order chi connectivity index (χ1) is 23.3. The molecule has 0 amide bonds. The maximum absolute atomic E-state index is 12.0. The van der Waals surface area contributed by atoms with Crippen LogP contribution < -0.4 is 30.9 Å². The van der Waals surface area contributed by atoms with Gasteiger partial charge in [0.05, 0.1) is 40.8 Å². The number of piperidine rings is 1. The van der Waals surface area contributed by atoms with Gasteiger partial charge in [-0.25, -0.2) is 9.88 Å². The van der Waals surface area contributed by atoms with E-state index in [9.17, 15) is 4.89 Å². The van der Waals surface area contributed by atoms with E-state index in [1.54, 1.807) is 13.3 Å². The van der Waals surface area contributed by atoms with Crippen molar-refractivity contribution in [2.45, 2.75) is 52.0 Å². The maximum Gasteiger partial charge on any atom is 0.229 e. The first kappa shape index (κ1) is 33.4. The first-order valence-electron chi connectivity index (χ1n) is 17.3. The van der Waals surface area contributed by atoms with Gasteiger partial charge in [-0.3, -0.25) is 9.88 Å². The molecule has 0 unspecified atom stereocenters. The number of benzene rings is 2. The number of aromatic nitrogens is 3. The lowest BCUT2D eigenvalue weighted by atomic mass is 9.99. The number of hydrogen-bond acceptors (Lipinski definition) is 10. The van der Waals surface area contributed by atoms with Crippen LogP contribution in [-0.4, -0.2) is 89.5 Å². The van der Waals surface area contributed by atoms with E-state index in [0.29, 0.717) is 17.8 Å². The fourth-order valence-corrected chi connectivity index (χ4v) is 11.3. The molecule has 48 heavy (non-hydrogen) atoms. The predicted octanol–water partition coefficient (Wildman–Crippen LogP) is 6.37. The van der Waals surface area contributed by atoms with Crippen LogP contribution in [0.2, 0.25) is 0 Å². The summed E-state index contributed by atoms with van der Waals surface area (Å²) in [7, 11) is -0.620. The van der Waals surface area contributed by atoms with Crippen molar-refractivity contribution in [1.82, 2.24) is 25.2 Å². The smallest absolute Gasteiger partial charge is 0.229 e. The van der Waals surface area contributed by atoms with Crippen molar-refractivity contribution in [3.63, 3.8) is 0 Å². The number of aryl methyl sites for hydroxylation is 2. The summed E-state index contributed by atoms with van der Waals surface area (Å²) in [6.45, 7) is 10.8. The Bertz CT molecular complexity index is 1770. The van der Waals surface area contributed by atoms with Gasteiger partial charge in [-0.2, -0.15) is 4.98 Å². The van der Waals surface area contributed by atoms with Crippen molar-refractivity contribution < 1.29 is 9.63 Å². The molecular formula is C36H47BrN8O2P+. The average molecular weight is 735 g/mol. The molecule has 5 heterocycles. The average Bonchev–Trinajstić information content (AvgIpc) is 3.56. The lowest BCUT2D eigenvalue weighted by molar-refractivity contribution is 0.150. The summed E-state index contributed by atoms with van der Waals surface area (Å²) < 4.78 is 6.67. The molecule has 12 heteroatoms. The molecule has 4 aromatic rings. The minimum atomic E-state index is -2.34. The summed E-state index contributed by atoms with van der Waals surface area (Å²) in [5.41, 5.74) is 6.09. The van der Waals surface area contributed by atoms with Crippen LogP contribution in [0.25, 0.3) is 10.9 Å². The number of methoxy groups -OCH3 is 1. The minimum absolute atomic E-state index is 0.458. The molecular weight excluding hydrogens is 687 g/mol. The van der Waals surface area contributed by atoms with Gasteiger partial charge in [0.1, 0.15) is 5.75 Å². The lowest BCUT2D eigenvalue weighted by Gasteiger charge is -2.41. The summed E-state index contributed by atoms with van der Waals surface area (Å²) in [5.74, 6) is 1.84. The predicted molar refractivity (Wildman–Crippen MR) is 203 cm³/mol. The number of rotatable bonds is 9. The highest BCUT2D eigenvalue weighted by Gasteiger charge is 2.45.